The zero-order valence-corrected chi connectivity index (χ0v) is 24.6. The van der Waals surface area contributed by atoms with Crippen LogP contribution in [-0.2, 0) is 19.6 Å². The number of nitrogens with zero attached hydrogens (tertiary/aromatic N) is 3. The van der Waals surface area contributed by atoms with Gasteiger partial charge in [-0.2, -0.15) is 0 Å². The summed E-state index contributed by atoms with van der Waals surface area (Å²) >= 11 is 0. The highest BCUT2D eigenvalue weighted by Crippen LogP contribution is 2.32. The summed E-state index contributed by atoms with van der Waals surface area (Å²) in [5, 5.41) is 10.4. The van der Waals surface area contributed by atoms with Crippen LogP contribution in [0.25, 0.3) is 22.6 Å². The second kappa shape index (κ2) is 14.0. The lowest BCUT2D eigenvalue weighted by atomic mass is 10.1. The number of ether oxygens (including phenoxy) is 1. The number of hydrogen-bond donors (Lipinski definition) is 2. The van der Waals surface area contributed by atoms with Gasteiger partial charge in [-0.25, -0.2) is 4.98 Å². The molecule has 4 aromatic rings. The molecule has 4 rings (SSSR count). The van der Waals surface area contributed by atoms with Gasteiger partial charge >= 0.3 is 0 Å². The van der Waals surface area contributed by atoms with Crippen molar-refractivity contribution in [1.82, 2.24) is 14.5 Å². The average Bonchev–Trinajstić information content (AvgIpc) is 3.32. The zero-order valence-electron chi connectivity index (χ0n) is 24.6. The van der Waals surface area contributed by atoms with E-state index in [1.165, 1.54) is 0 Å². The van der Waals surface area contributed by atoms with Crippen LogP contribution in [0.1, 0.15) is 61.6 Å². The molecular weight excluding hydrogens is 512 g/mol. The number of hydrogen-bond acceptors (Lipinski definition) is 5. The Morgan fingerprint density at radius 2 is 1.76 bits per heavy atom. The maximum absolute atomic E-state index is 11.7. The fourth-order valence-electron chi connectivity index (χ4n) is 5.00. The first-order valence-corrected chi connectivity index (χ1v) is 14.4. The Bertz CT molecular complexity index is 1430. The van der Waals surface area contributed by atoms with Crippen molar-refractivity contribution in [2.75, 3.05) is 13.7 Å². The van der Waals surface area contributed by atoms with E-state index >= 15 is 0 Å². The molecule has 0 aliphatic carbocycles. The monoisotopic (exact) mass is 554 g/mol. The molecule has 7 heteroatoms. The SMILES string of the molecule is CCCCn1c(-c2ccccc2)nc(-c2ccc(OC)cc2)c1CN(CCC(C)C)Cc1ccc(C(N)=O)c(O)c1. The number of primary amides is 1. The van der Waals surface area contributed by atoms with Crippen molar-refractivity contribution >= 4 is 5.91 Å². The number of benzene rings is 3. The molecule has 1 amide bonds. The molecule has 0 aliphatic rings. The van der Waals surface area contributed by atoms with Crippen LogP contribution in [0.2, 0.25) is 0 Å². The molecule has 1 aromatic heterocycles. The minimum absolute atomic E-state index is 0.0860. The number of rotatable bonds is 14. The van der Waals surface area contributed by atoms with Gasteiger partial charge in [0.1, 0.15) is 17.3 Å². The van der Waals surface area contributed by atoms with Crippen LogP contribution in [-0.4, -0.2) is 39.1 Å². The van der Waals surface area contributed by atoms with Gasteiger partial charge in [0, 0.05) is 30.8 Å². The van der Waals surface area contributed by atoms with Crippen molar-refractivity contribution in [1.29, 1.82) is 0 Å². The summed E-state index contributed by atoms with van der Waals surface area (Å²) in [5.41, 5.74) is 10.7. The van der Waals surface area contributed by atoms with Gasteiger partial charge in [-0.15, -0.1) is 0 Å². The highest BCUT2D eigenvalue weighted by Gasteiger charge is 2.22. The molecule has 0 radical (unpaired) electrons. The Hall–Kier alpha value is -4.10. The van der Waals surface area contributed by atoms with Crippen LogP contribution in [0.3, 0.4) is 0 Å². The quantitative estimate of drug-likeness (QED) is 0.177. The predicted molar refractivity (Wildman–Crippen MR) is 165 cm³/mol. The van der Waals surface area contributed by atoms with Gasteiger partial charge in [-0.05, 0) is 67.3 Å². The highest BCUT2D eigenvalue weighted by molar-refractivity contribution is 5.95. The molecular formula is C34H42N4O3. The molecule has 0 unspecified atom stereocenters. The minimum atomic E-state index is -0.636. The third-order valence-electron chi connectivity index (χ3n) is 7.33. The lowest BCUT2D eigenvalue weighted by Gasteiger charge is -2.25. The van der Waals surface area contributed by atoms with E-state index in [0.717, 1.165) is 72.0 Å². The van der Waals surface area contributed by atoms with Crippen molar-refractivity contribution < 1.29 is 14.6 Å². The molecule has 7 nitrogen and oxygen atoms in total. The third-order valence-corrected chi connectivity index (χ3v) is 7.33. The van der Waals surface area contributed by atoms with E-state index in [9.17, 15) is 9.90 Å². The number of unbranched alkanes of at least 4 members (excludes halogenated alkanes) is 1. The van der Waals surface area contributed by atoms with Crippen LogP contribution >= 0.6 is 0 Å². The van der Waals surface area contributed by atoms with Gasteiger partial charge in [0.05, 0.1) is 24.1 Å². The van der Waals surface area contributed by atoms with Gasteiger partial charge < -0.3 is 20.1 Å². The molecule has 0 spiro atoms. The van der Waals surface area contributed by atoms with Crippen molar-refractivity contribution in [3.63, 3.8) is 0 Å². The van der Waals surface area contributed by atoms with E-state index in [2.05, 4.69) is 66.6 Å². The van der Waals surface area contributed by atoms with Gasteiger partial charge in [-0.3, -0.25) is 9.69 Å². The predicted octanol–water partition coefficient (Wildman–Crippen LogP) is 6.88. The molecule has 3 N–H and O–H groups in total. The maximum atomic E-state index is 11.7. The number of aromatic nitrogens is 2. The van der Waals surface area contributed by atoms with Crippen LogP contribution in [0.15, 0.2) is 72.8 Å². The van der Waals surface area contributed by atoms with Gasteiger partial charge in [0.25, 0.3) is 5.91 Å². The molecule has 0 bridgehead atoms. The summed E-state index contributed by atoms with van der Waals surface area (Å²) in [7, 11) is 1.67. The highest BCUT2D eigenvalue weighted by atomic mass is 16.5. The Morgan fingerprint density at radius 1 is 1.02 bits per heavy atom. The van der Waals surface area contributed by atoms with Crippen LogP contribution in [0.5, 0.6) is 11.5 Å². The van der Waals surface area contributed by atoms with E-state index in [4.69, 9.17) is 15.5 Å². The number of carbonyl (C=O) groups is 1. The van der Waals surface area contributed by atoms with Crippen molar-refractivity contribution in [3.05, 3.63) is 89.6 Å². The Balaban J connectivity index is 1.80. The van der Waals surface area contributed by atoms with E-state index in [-0.39, 0.29) is 11.3 Å². The smallest absolute Gasteiger partial charge is 0.252 e. The summed E-state index contributed by atoms with van der Waals surface area (Å²) in [6.07, 6.45) is 3.14. The number of amides is 1. The standard InChI is InChI=1S/C34H42N4O3/c1-5-6-19-38-30(23-37(20-18-24(2)3)22-25-12-17-29(33(35)40)31(39)21-25)32(26-13-15-28(41-4)16-14-26)36-34(38)27-10-8-7-9-11-27/h7-17,21,24,39H,5-6,18-20,22-23H2,1-4H3,(H2,35,40). The summed E-state index contributed by atoms with van der Waals surface area (Å²) in [4.78, 5) is 19.3. The number of methoxy groups -OCH3 is 1. The Kier molecular flexibility index (Phi) is 10.2. The second-order valence-electron chi connectivity index (χ2n) is 10.9. The molecule has 0 saturated heterocycles. The van der Waals surface area contributed by atoms with Gasteiger partial charge in [-0.1, -0.05) is 63.6 Å². The molecule has 0 aliphatic heterocycles. The van der Waals surface area contributed by atoms with Gasteiger partial charge in [0.15, 0.2) is 0 Å². The number of carbonyl (C=O) groups excluding carboxylic acids is 1. The van der Waals surface area contributed by atoms with Crippen LogP contribution in [0, 0.1) is 5.92 Å². The maximum Gasteiger partial charge on any atom is 0.252 e. The first-order chi connectivity index (χ1) is 19.8. The number of aromatic hydroxyl groups is 1. The molecule has 3 aromatic carbocycles. The second-order valence-corrected chi connectivity index (χ2v) is 10.9. The number of imidazole rings is 1. The van der Waals surface area contributed by atoms with E-state index in [1.807, 2.05) is 24.3 Å². The average molecular weight is 555 g/mol. The molecule has 216 valence electrons. The molecule has 1 heterocycles. The van der Waals surface area contributed by atoms with E-state index in [0.29, 0.717) is 19.0 Å². The first-order valence-electron chi connectivity index (χ1n) is 14.4. The Morgan fingerprint density at radius 3 is 2.37 bits per heavy atom. The fourth-order valence-corrected chi connectivity index (χ4v) is 5.00. The zero-order chi connectivity index (χ0) is 29.4. The molecule has 0 saturated carbocycles. The fraction of sp³-hybridized carbons (Fsp3) is 0.353. The summed E-state index contributed by atoms with van der Waals surface area (Å²) < 4.78 is 7.80. The lowest BCUT2D eigenvalue weighted by Crippen LogP contribution is -2.27. The van der Waals surface area contributed by atoms with Crippen molar-refractivity contribution in [2.45, 2.75) is 59.7 Å². The number of phenols is 1. The normalized spacial score (nSPS) is 11.4. The summed E-state index contributed by atoms with van der Waals surface area (Å²) in [6.45, 7) is 9.70. The van der Waals surface area contributed by atoms with Crippen molar-refractivity contribution in [3.8, 4) is 34.1 Å². The summed E-state index contributed by atoms with van der Waals surface area (Å²) in [5.74, 6) is 1.59. The molecule has 0 fully saturated rings. The largest absolute Gasteiger partial charge is 0.507 e. The van der Waals surface area contributed by atoms with Gasteiger partial charge in [0.2, 0.25) is 0 Å². The lowest BCUT2D eigenvalue weighted by molar-refractivity contribution is 0.0997. The topological polar surface area (TPSA) is 93.6 Å². The number of nitrogens with two attached hydrogens (primary N) is 1. The summed E-state index contributed by atoms with van der Waals surface area (Å²) in [6, 6.07) is 23.6. The minimum Gasteiger partial charge on any atom is -0.507 e. The van der Waals surface area contributed by atoms with Crippen LogP contribution in [0.4, 0.5) is 0 Å². The van der Waals surface area contributed by atoms with Crippen molar-refractivity contribution in [2.24, 2.45) is 11.7 Å². The first kappa shape index (κ1) is 29.9. The molecule has 41 heavy (non-hydrogen) atoms. The van der Waals surface area contributed by atoms with Crippen LogP contribution < -0.4 is 10.5 Å². The third kappa shape index (κ3) is 7.55. The van der Waals surface area contributed by atoms with E-state index < -0.39 is 5.91 Å². The molecule has 0 atom stereocenters. The Labute approximate surface area is 243 Å². The van der Waals surface area contributed by atoms with E-state index in [1.54, 1.807) is 19.2 Å².